The predicted molar refractivity (Wildman–Crippen MR) is 128 cm³/mol. The van der Waals surface area contributed by atoms with Gasteiger partial charge < -0.3 is 9.80 Å². The van der Waals surface area contributed by atoms with Gasteiger partial charge in [-0.25, -0.2) is 26.1 Å². The molecule has 0 spiro atoms. The molecule has 1 aromatic heterocycles. The topological polar surface area (TPSA) is 108 Å². The largest absolute Gasteiger partial charge is 0.345 e. The molecule has 176 valence electrons. The first-order chi connectivity index (χ1) is 15.5. The molecule has 4 rings (SSSR count). The average molecular weight is 509 g/mol. The minimum atomic E-state index is -3.54. The minimum absolute atomic E-state index is 0.142. The third-order valence-electron chi connectivity index (χ3n) is 5.49. The molecule has 0 unspecified atom stereocenters. The van der Waals surface area contributed by atoms with Crippen molar-refractivity contribution >= 4 is 52.5 Å². The summed E-state index contributed by atoms with van der Waals surface area (Å²) in [6, 6.07) is 10.9. The minimum Gasteiger partial charge on any atom is -0.345 e. The smallest absolute Gasteiger partial charge is 0.253 e. The van der Waals surface area contributed by atoms with E-state index in [1.807, 2.05) is 0 Å². The number of sulfone groups is 1. The van der Waals surface area contributed by atoms with Gasteiger partial charge in [0, 0.05) is 52.1 Å². The van der Waals surface area contributed by atoms with E-state index in [1.54, 1.807) is 23.1 Å². The van der Waals surface area contributed by atoms with Gasteiger partial charge in [0.2, 0.25) is 10.0 Å². The Morgan fingerprint density at radius 2 is 1.55 bits per heavy atom. The molecule has 1 fully saturated rings. The molecule has 0 saturated carbocycles. The summed E-state index contributed by atoms with van der Waals surface area (Å²) in [5, 5.41) is 0.793. The number of fused-ring (bicyclic) bond motifs is 1. The fourth-order valence-corrected chi connectivity index (χ4v) is 6.20. The van der Waals surface area contributed by atoms with Crippen molar-refractivity contribution in [3.8, 4) is 0 Å². The van der Waals surface area contributed by atoms with Gasteiger partial charge >= 0.3 is 0 Å². The summed E-state index contributed by atoms with van der Waals surface area (Å²) >= 11 is 1.43. The van der Waals surface area contributed by atoms with Crippen LogP contribution >= 0.6 is 11.3 Å². The zero-order chi connectivity index (χ0) is 24.0. The van der Waals surface area contributed by atoms with Crippen molar-refractivity contribution < 1.29 is 21.6 Å². The first-order valence-electron chi connectivity index (χ1n) is 10.1. The number of anilines is 1. The van der Waals surface area contributed by atoms with Gasteiger partial charge in [-0.2, -0.15) is 0 Å². The van der Waals surface area contributed by atoms with Crippen LogP contribution in [-0.2, 0) is 19.9 Å². The molecule has 2 heterocycles. The van der Waals surface area contributed by atoms with Crippen LogP contribution in [0.25, 0.3) is 10.2 Å². The summed E-state index contributed by atoms with van der Waals surface area (Å²) in [5.74, 6) is -0.148. The Morgan fingerprint density at radius 3 is 2.12 bits per heavy atom. The Morgan fingerprint density at radius 1 is 0.939 bits per heavy atom. The van der Waals surface area contributed by atoms with E-state index in [1.165, 1.54) is 56.0 Å². The number of carbonyl (C=O) groups excluding carboxylic acids is 1. The van der Waals surface area contributed by atoms with Crippen LogP contribution in [0.4, 0.5) is 5.13 Å². The normalized spacial score (nSPS) is 15.4. The Bertz CT molecular complexity index is 1410. The summed E-state index contributed by atoms with van der Waals surface area (Å²) in [6.07, 6.45) is 1.18. The van der Waals surface area contributed by atoms with Crippen molar-refractivity contribution in [2.75, 3.05) is 51.4 Å². The number of aromatic nitrogens is 1. The zero-order valence-electron chi connectivity index (χ0n) is 18.4. The molecule has 1 amide bonds. The van der Waals surface area contributed by atoms with Crippen LogP contribution in [0.3, 0.4) is 0 Å². The lowest BCUT2D eigenvalue weighted by Crippen LogP contribution is -2.48. The monoisotopic (exact) mass is 508 g/mol. The Hall–Kier alpha value is -2.54. The number of nitrogens with zero attached hydrogens (tertiary/aromatic N) is 4. The standard InChI is InChI=1S/C21H24N4O5S3/c1-23(2)33(29,30)16-6-4-15(5-7-16)20(26)24-10-12-25(13-11-24)21-22-18-9-8-17(32(3,27)28)14-19(18)31-21/h4-9,14H,10-13H2,1-3H3. The Kier molecular flexibility index (Phi) is 6.20. The van der Waals surface area contributed by atoms with Crippen LogP contribution in [0.1, 0.15) is 10.4 Å². The number of benzene rings is 2. The van der Waals surface area contributed by atoms with Gasteiger partial charge in [0.05, 0.1) is 20.0 Å². The van der Waals surface area contributed by atoms with E-state index in [0.717, 1.165) is 19.7 Å². The number of piperazine rings is 1. The van der Waals surface area contributed by atoms with Gasteiger partial charge in [-0.15, -0.1) is 0 Å². The predicted octanol–water partition coefficient (Wildman–Crippen LogP) is 1.91. The summed E-state index contributed by atoms with van der Waals surface area (Å²) in [4.78, 5) is 21.7. The van der Waals surface area contributed by atoms with Gasteiger partial charge in [0.1, 0.15) is 0 Å². The second-order valence-corrected chi connectivity index (χ2v) is 13.2. The van der Waals surface area contributed by atoms with Gasteiger partial charge in [0.15, 0.2) is 15.0 Å². The second-order valence-electron chi connectivity index (χ2n) is 7.99. The van der Waals surface area contributed by atoms with Crippen molar-refractivity contribution in [1.82, 2.24) is 14.2 Å². The number of sulfonamides is 1. The molecule has 3 aromatic rings. The molecule has 1 aliphatic heterocycles. The van der Waals surface area contributed by atoms with Crippen LogP contribution in [0.15, 0.2) is 52.3 Å². The van der Waals surface area contributed by atoms with E-state index in [4.69, 9.17) is 0 Å². The van der Waals surface area contributed by atoms with E-state index < -0.39 is 19.9 Å². The number of thiazole rings is 1. The highest BCUT2D eigenvalue weighted by molar-refractivity contribution is 7.90. The number of rotatable bonds is 5. The van der Waals surface area contributed by atoms with Crippen LogP contribution in [0.5, 0.6) is 0 Å². The lowest BCUT2D eigenvalue weighted by Gasteiger charge is -2.34. The molecule has 1 aliphatic rings. The molecule has 0 radical (unpaired) electrons. The maximum Gasteiger partial charge on any atom is 0.253 e. The molecule has 12 heteroatoms. The maximum absolute atomic E-state index is 12.9. The number of amides is 1. The number of hydrogen-bond donors (Lipinski definition) is 0. The highest BCUT2D eigenvalue weighted by Gasteiger charge is 2.25. The fraction of sp³-hybridized carbons (Fsp3) is 0.333. The van der Waals surface area contributed by atoms with Crippen LogP contribution in [0.2, 0.25) is 0 Å². The first kappa shape index (κ1) is 23.6. The van der Waals surface area contributed by atoms with Crippen molar-refractivity contribution in [3.05, 3.63) is 48.0 Å². The maximum atomic E-state index is 12.9. The van der Waals surface area contributed by atoms with E-state index in [9.17, 15) is 21.6 Å². The van der Waals surface area contributed by atoms with Gasteiger partial charge in [-0.3, -0.25) is 4.79 Å². The van der Waals surface area contributed by atoms with E-state index in [-0.39, 0.29) is 15.7 Å². The van der Waals surface area contributed by atoms with Crippen molar-refractivity contribution in [2.45, 2.75) is 9.79 Å². The van der Waals surface area contributed by atoms with Crippen LogP contribution in [-0.4, -0.2) is 83.5 Å². The summed E-state index contributed by atoms with van der Waals surface area (Å²) in [5.41, 5.74) is 1.18. The number of carbonyl (C=O) groups is 1. The third kappa shape index (κ3) is 4.74. The zero-order valence-corrected chi connectivity index (χ0v) is 20.9. The van der Waals surface area contributed by atoms with Crippen LogP contribution < -0.4 is 4.90 Å². The Balaban J connectivity index is 1.44. The van der Waals surface area contributed by atoms with Gasteiger partial charge in [0.25, 0.3) is 5.91 Å². The SMILES string of the molecule is CN(C)S(=O)(=O)c1ccc(C(=O)N2CCN(c3nc4ccc(S(C)(=O)=O)cc4s3)CC2)cc1. The molecule has 1 saturated heterocycles. The molecule has 0 bridgehead atoms. The van der Waals surface area contributed by atoms with E-state index >= 15 is 0 Å². The summed E-state index contributed by atoms with van der Waals surface area (Å²) < 4.78 is 50.0. The van der Waals surface area contributed by atoms with Crippen LogP contribution in [0, 0.1) is 0 Å². The van der Waals surface area contributed by atoms with Crippen molar-refractivity contribution in [2.24, 2.45) is 0 Å². The highest BCUT2D eigenvalue weighted by atomic mass is 32.2. The summed E-state index contributed by atoms with van der Waals surface area (Å²) in [6.45, 7) is 2.19. The molecule has 0 aliphatic carbocycles. The van der Waals surface area contributed by atoms with Gasteiger partial charge in [-0.1, -0.05) is 11.3 Å². The third-order valence-corrected chi connectivity index (χ3v) is 9.51. The van der Waals surface area contributed by atoms with Crippen molar-refractivity contribution in [1.29, 1.82) is 0 Å². The highest BCUT2D eigenvalue weighted by Crippen LogP contribution is 2.31. The molecule has 9 nitrogen and oxygen atoms in total. The molecular formula is C21H24N4O5S3. The average Bonchev–Trinajstić information content (AvgIpc) is 3.21. The second kappa shape index (κ2) is 8.67. The first-order valence-corrected chi connectivity index (χ1v) is 14.3. The lowest BCUT2D eigenvalue weighted by molar-refractivity contribution is 0.0746. The molecule has 33 heavy (non-hydrogen) atoms. The lowest BCUT2D eigenvalue weighted by atomic mass is 10.2. The number of hydrogen-bond acceptors (Lipinski definition) is 8. The van der Waals surface area contributed by atoms with E-state index in [0.29, 0.717) is 31.7 Å². The summed E-state index contributed by atoms with van der Waals surface area (Å²) in [7, 11) is -3.90. The quantitative estimate of drug-likeness (QED) is 0.518. The molecular weight excluding hydrogens is 484 g/mol. The fourth-order valence-electron chi connectivity index (χ4n) is 3.52. The molecule has 0 atom stereocenters. The Labute approximate surface area is 197 Å². The van der Waals surface area contributed by atoms with Crippen molar-refractivity contribution in [3.63, 3.8) is 0 Å². The van der Waals surface area contributed by atoms with Gasteiger partial charge in [-0.05, 0) is 42.5 Å². The molecule has 2 aromatic carbocycles. The van der Waals surface area contributed by atoms with E-state index in [2.05, 4.69) is 9.88 Å². The molecule has 0 N–H and O–H groups in total.